The highest BCUT2D eigenvalue weighted by molar-refractivity contribution is 5.69. The van der Waals surface area contributed by atoms with Crippen molar-refractivity contribution in [2.24, 2.45) is 5.92 Å². The smallest absolute Gasteiger partial charge is 0.305 e. The number of rotatable bonds is 24. The molecule has 4 heteroatoms. The first-order valence-electron chi connectivity index (χ1n) is 13.0. The monoisotopic (exact) mass is 428 g/mol. The summed E-state index contributed by atoms with van der Waals surface area (Å²) in [6.45, 7) is 10.1. The zero-order valence-corrected chi connectivity index (χ0v) is 20.6. The van der Waals surface area contributed by atoms with Crippen molar-refractivity contribution in [3.63, 3.8) is 0 Å². The van der Waals surface area contributed by atoms with Gasteiger partial charge in [-0.3, -0.25) is 4.79 Å². The number of carbonyl (C=O) groups excluding carboxylic acids is 1. The molecule has 0 aromatic rings. The number of hydrogen-bond donors (Lipinski definition) is 0. The largest absolute Gasteiger partial charge is 0.466 e. The van der Waals surface area contributed by atoms with Crippen LogP contribution in [0.25, 0.3) is 0 Å². The fourth-order valence-electron chi connectivity index (χ4n) is 3.42. The Hall–Kier alpha value is -0.610. The number of ether oxygens (including phenoxy) is 3. The second-order valence-electron chi connectivity index (χ2n) is 8.97. The Morgan fingerprint density at radius 3 is 1.70 bits per heavy atom. The molecule has 0 unspecified atom stereocenters. The van der Waals surface area contributed by atoms with E-state index in [1.165, 1.54) is 70.6 Å². The Morgan fingerprint density at radius 2 is 1.10 bits per heavy atom. The first-order chi connectivity index (χ1) is 14.7. The summed E-state index contributed by atoms with van der Waals surface area (Å²) in [6, 6.07) is 0. The maximum atomic E-state index is 11.7. The quantitative estimate of drug-likeness (QED) is 0.118. The van der Waals surface area contributed by atoms with E-state index in [9.17, 15) is 4.79 Å². The first-order valence-corrected chi connectivity index (χ1v) is 13.0. The molecule has 0 saturated heterocycles. The number of hydrogen-bond acceptors (Lipinski definition) is 4. The van der Waals surface area contributed by atoms with Gasteiger partial charge < -0.3 is 14.2 Å². The fraction of sp³-hybridized carbons (Fsp3) is 0.962. The minimum Gasteiger partial charge on any atom is -0.466 e. The minimum atomic E-state index is -0.0932. The molecule has 0 N–H and O–H groups in total. The average molecular weight is 429 g/mol. The van der Waals surface area contributed by atoms with Gasteiger partial charge in [-0.1, -0.05) is 97.8 Å². The molecule has 0 radical (unpaired) electrons. The second-order valence-corrected chi connectivity index (χ2v) is 8.97. The lowest BCUT2D eigenvalue weighted by Gasteiger charge is -2.07. The van der Waals surface area contributed by atoms with Crippen molar-refractivity contribution in [1.82, 2.24) is 0 Å². The first kappa shape index (κ1) is 29.4. The van der Waals surface area contributed by atoms with Crippen LogP contribution in [0.5, 0.6) is 0 Å². The fourth-order valence-corrected chi connectivity index (χ4v) is 3.42. The molecule has 0 amide bonds. The van der Waals surface area contributed by atoms with Crippen molar-refractivity contribution in [1.29, 1.82) is 0 Å². The van der Waals surface area contributed by atoms with Crippen LogP contribution in [0.1, 0.15) is 124 Å². The van der Waals surface area contributed by atoms with Crippen LogP contribution >= 0.6 is 0 Å². The highest BCUT2D eigenvalue weighted by atomic mass is 16.5. The van der Waals surface area contributed by atoms with Gasteiger partial charge in [-0.2, -0.15) is 0 Å². The van der Waals surface area contributed by atoms with E-state index in [1.54, 1.807) is 0 Å². The van der Waals surface area contributed by atoms with Crippen molar-refractivity contribution in [2.45, 2.75) is 124 Å². The van der Waals surface area contributed by atoms with Crippen LogP contribution in [0.2, 0.25) is 0 Å². The Bertz CT molecular complexity index is 344. The van der Waals surface area contributed by atoms with Gasteiger partial charge in [-0.05, 0) is 25.2 Å². The predicted molar refractivity (Wildman–Crippen MR) is 127 cm³/mol. The van der Waals surface area contributed by atoms with E-state index < -0.39 is 0 Å². The van der Waals surface area contributed by atoms with Gasteiger partial charge in [0.1, 0.15) is 0 Å². The van der Waals surface area contributed by atoms with Gasteiger partial charge in [-0.15, -0.1) is 0 Å². The topological polar surface area (TPSA) is 44.8 Å². The summed E-state index contributed by atoms with van der Waals surface area (Å²) in [5.74, 6) is 0.714. The summed E-state index contributed by atoms with van der Waals surface area (Å²) in [6.07, 6.45) is 19.1. The third kappa shape index (κ3) is 25.4. The lowest BCUT2D eigenvalue weighted by atomic mass is 10.0. The summed E-state index contributed by atoms with van der Waals surface area (Å²) in [5, 5.41) is 0. The Morgan fingerprint density at radius 1 is 0.600 bits per heavy atom. The molecule has 0 aliphatic heterocycles. The zero-order chi connectivity index (χ0) is 22.1. The van der Waals surface area contributed by atoms with Gasteiger partial charge in [0.25, 0.3) is 0 Å². The normalized spacial score (nSPS) is 11.3. The molecule has 30 heavy (non-hydrogen) atoms. The average Bonchev–Trinajstić information content (AvgIpc) is 2.72. The summed E-state index contributed by atoms with van der Waals surface area (Å²) >= 11 is 0. The number of carbonyl (C=O) groups is 1. The van der Waals surface area contributed by atoms with Gasteiger partial charge in [0.15, 0.2) is 0 Å². The number of esters is 1. The van der Waals surface area contributed by atoms with Crippen LogP contribution in [-0.4, -0.2) is 39.0 Å². The molecule has 0 heterocycles. The third-order valence-corrected chi connectivity index (χ3v) is 5.37. The molecular formula is C26H52O4. The van der Waals surface area contributed by atoms with Crippen molar-refractivity contribution in [2.75, 3.05) is 33.0 Å². The Labute approximate surface area is 187 Å². The second kappa shape index (κ2) is 24.7. The predicted octanol–water partition coefficient (Wildman–Crippen LogP) is 7.48. The van der Waals surface area contributed by atoms with E-state index in [0.29, 0.717) is 32.8 Å². The molecule has 0 bridgehead atoms. The van der Waals surface area contributed by atoms with Crippen molar-refractivity contribution < 1.29 is 19.0 Å². The Kier molecular flexibility index (Phi) is 24.2. The van der Waals surface area contributed by atoms with Gasteiger partial charge in [-0.25, -0.2) is 0 Å². The molecular weight excluding hydrogens is 376 g/mol. The van der Waals surface area contributed by atoms with E-state index >= 15 is 0 Å². The molecule has 0 aromatic carbocycles. The highest BCUT2D eigenvalue weighted by Gasteiger charge is 2.03. The molecule has 4 nitrogen and oxygen atoms in total. The summed E-state index contributed by atoms with van der Waals surface area (Å²) < 4.78 is 16.4. The van der Waals surface area contributed by atoms with E-state index in [1.807, 2.05) is 0 Å². The molecule has 0 aliphatic carbocycles. The molecule has 0 spiro atoms. The van der Waals surface area contributed by atoms with Crippen LogP contribution in [0.3, 0.4) is 0 Å². The summed E-state index contributed by atoms with van der Waals surface area (Å²) in [4.78, 5) is 11.7. The molecule has 0 aromatic heterocycles. The Balaban J connectivity index is 3.14. The van der Waals surface area contributed by atoms with Crippen molar-refractivity contribution in [3.05, 3.63) is 0 Å². The van der Waals surface area contributed by atoms with Crippen LogP contribution in [-0.2, 0) is 19.0 Å². The molecule has 0 saturated carbocycles. The molecule has 0 rings (SSSR count). The van der Waals surface area contributed by atoms with Gasteiger partial charge in [0.2, 0.25) is 0 Å². The van der Waals surface area contributed by atoms with Gasteiger partial charge in [0, 0.05) is 19.6 Å². The SMILES string of the molecule is CCCCCCCCCCOCCOCCCC(=O)OCCCCCCCC(C)C. The van der Waals surface area contributed by atoms with E-state index in [-0.39, 0.29) is 5.97 Å². The zero-order valence-electron chi connectivity index (χ0n) is 20.6. The lowest BCUT2D eigenvalue weighted by molar-refractivity contribution is -0.144. The van der Waals surface area contributed by atoms with E-state index in [0.717, 1.165) is 38.2 Å². The maximum Gasteiger partial charge on any atom is 0.305 e. The maximum absolute atomic E-state index is 11.7. The van der Waals surface area contributed by atoms with Crippen LogP contribution in [0.15, 0.2) is 0 Å². The van der Waals surface area contributed by atoms with E-state index in [4.69, 9.17) is 14.2 Å². The van der Waals surface area contributed by atoms with Gasteiger partial charge in [0.05, 0.1) is 19.8 Å². The number of unbranched alkanes of at least 4 members (excludes halogenated alkanes) is 11. The molecule has 0 fully saturated rings. The van der Waals surface area contributed by atoms with Crippen LogP contribution in [0.4, 0.5) is 0 Å². The third-order valence-electron chi connectivity index (χ3n) is 5.37. The lowest BCUT2D eigenvalue weighted by Crippen LogP contribution is -2.09. The van der Waals surface area contributed by atoms with Crippen LogP contribution in [0, 0.1) is 5.92 Å². The summed E-state index contributed by atoms with van der Waals surface area (Å²) in [5.41, 5.74) is 0. The highest BCUT2D eigenvalue weighted by Crippen LogP contribution is 2.11. The minimum absolute atomic E-state index is 0.0932. The standard InChI is InChI=1S/C26H52O4/c1-4-5-6-7-8-9-12-15-20-28-23-24-29-21-17-19-26(27)30-22-16-13-10-11-14-18-25(2)3/h25H,4-24H2,1-3H3. The van der Waals surface area contributed by atoms with Crippen LogP contribution < -0.4 is 0 Å². The summed E-state index contributed by atoms with van der Waals surface area (Å²) in [7, 11) is 0. The van der Waals surface area contributed by atoms with E-state index in [2.05, 4.69) is 20.8 Å². The molecule has 180 valence electrons. The van der Waals surface area contributed by atoms with Gasteiger partial charge >= 0.3 is 5.97 Å². The van der Waals surface area contributed by atoms with Crippen molar-refractivity contribution in [3.8, 4) is 0 Å². The molecule has 0 aliphatic rings. The van der Waals surface area contributed by atoms with Crippen molar-refractivity contribution >= 4 is 5.97 Å². The molecule has 0 atom stereocenters.